The number of rotatable bonds is 5. The number of aromatic nitrogens is 1. The van der Waals surface area contributed by atoms with Gasteiger partial charge in [-0.1, -0.05) is 30.3 Å². The zero-order valence-electron chi connectivity index (χ0n) is 9.14. The smallest absolute Gasteiger partial charge is 0.254 e. The minimum atomic E-state index is 0.506. The lowest BCUT2D eigenvalue weighted by atomic mass is 10.2. The molecule has 4 nitrogen and oxygen atoms in total. The second-order valence-electron chi connectivity index (χ2n) is 3.44. The molecule has 4 heteroatoms. The van der Waals surface area contributed by atoms with Gasteiger partial charge >= 0.3 is 0 Å². The normalized spacial score (nSPS) is 10.3. The van der Waals surface area contributed by atoms with Gasteiger partial charge in [-0.2, -0.15) is 0 Å². The van der Waals surface area contributed by atoms with Crippen LogP contribution < -0.4 is 10.1 Å². The first kappa shape index (κ1) is 10.7. The summed E-state index contributed by atoms with van der Waals surface area (Å²) < 4.78 is 10.5. The highest BCUT2D eigenvalue weighted by atomic mass is 16.5. The molecule has 0 aliphatic heterocycles. The van der Waals surface area contributed by atoms with Crippen molar-refractivity contribution in [1.82, 2.24) is 10.5 Å². The van der Waals surface area contributed by atoms with Gasteiger partial charge in [-0.25, -0.2) is 0 Å². The number of hydrogen-bond donors (Lipinski definition) is 1. The second kappa shape index (κ2) is 5.32. The average Bonchev–Trinajstić information content (AvgIpc) is 2.76. The van der Waals surface area contributed by atoms with E-state index in [1.807, 2.05) is 37.4 Å². The van der Waals surface area contributed by atoms with Crippen LogP contribution >= 0.6 is 0 Å². The molecule has 0 amide bonds. The number of ether oxygens (including phenoxy) is 1. The Morgan fingerprint density at radius 3 is 2.88 bits per heavy atom. The molecule has 0 saturated heterocycles. The second-order valence-corrected chi connectivity index (χ2v) is 3.44. The Balaban J connectivity index is 1.89. The van der Waals surface area contributed by atoms with Crippen LogP contribution in [0.5, 0.6) is 5.88 Å². The van der Waals surface area contributed by atoms with Crippen molar-refractivity contribution < 1.29 is 9.26 Å². The largest absolute Gasteiger partial charge is 0.471 e. The summed E-state index contributed by atoms with van der Waals surface area (Å²) >= 11 is 0. The minimum absolute atomic E-state index is 0.506. The summed E-state index contributed by atoms with van der Waals surface area (Å²) in [5.74, 6) is 1.29. The van der Waals surface area contributed by atoms with E-state index < -0.39 is 0 Å². The molecule has 0 fully saturated rings. The molecule has 0 spiro atoms. The van der Waals surface area contributed by atoms with Gasteiger partial charge in [0.25, 0.3) is 5.88 Å². The molecule has 0 saturated carbocycles. The molecule has 0 aliphatic rings. The Kier molecular flexibility index (Phi) is 3.56. The highest BCUT2D eigenvalue weighted by Gasteiger charge is 2.03. The first-order valence-corrected chi connectivity index (χ1v) is 5.15. The summed E-state index contributed by atoms with van der Waals surface area (Å²) in [4.78, 5) is 0. The van der Waals surface area contributed by atoms with Crippen LogP contribution in [0.25, 0.3) is 0 Å². The third-order valence-corrected chi connectivity index (χ3v) is 2.12. The van der Waals surface area contributed by atoms with Crippen molar-refractivity contribution in [2.75, 3.05) is 7.05 Å². The first-order valence-electron chi connectivity index (χ1n) is 5.15. The van der Waals surface area contributed by atoms with Crippen molar-refractivity contribution >= 4 is 0 Å². The number of hydrogen-bond acceptors (Lipinski definition) is 4. The Labute approximate surface area is 94.2 Å². The Bertz CT molecular complexity index is 426. The molecule has 84 valence electrons. The highest BCUT2D eigenvalue weighted by molar-refractivity contribution is 5.16. The maximum absolute atomic E-state index is 5.49. The summed E-state index contributed by atoms with van der Waals surface area (Å²) in [5.41, 5.74) is 1.11. The summed E-state index contributed by atoms with van der Waals surface area (Å²) in [6, 6.07) is 11.7. The summed E-state index contributed by atoms with van der Waals surface area (Å²) in [6.07, 6.45) is 0. The van der Waals surface area contributed by atoms with Crippen LogP contribution in [-0.2, 0) is 13.2 Å². The lowest BCUT2D eigenvalue weighted by Crippen LogP contribution is -2.03. The number of nitrogens with one attached hydrogen (secondary N) is 1. The quantitative estimate of drug-likeness (QED) is 0.833. The van der Waals surface area contributed by atoms with Crippen LogP contribution in [0.15, 0.2) is 40.9 Å². The molecule has 1 heterocycles. The van der Waals surface area contributed by atoms with Crippen molar-refractivity contribution in [3.63, 3.8) is 0 Å². The van der Waals surface area contributed by atoms with Crippen LogP contribution in [0.1, 0.15) is 11.3 Å². The minimum Gasteiger partial charge on any atom is -0.471 e. The van der Waals surface area contributed by atoms with E-state index in [4.69, 9.17) is 9.26 Å². The zero-order chi connectivity index (χ0) is 11.2. The molecule has 0 radical (unpaired) electrons. The van der Waals surface area contributed by atoms with Crippen LogP contribution in [0.3, 0.4) is 0 Å². The van der Waals surface area contributed by atoms with E-state index in [2.05, 4.69) is 10.5 Å². The number of nitrogens with zero attached hydrogens (tertiary/aromatic N) is 1. The Morgan fingerprint density at radius 2 is 2.12 bits per heavy atom. The molecule has 1 aromatic carbocycles. The van der Waals surface area contributed by atoms with Gasteiger partial charge in [0.1, 0.15) is 6.61 Å². The van der Waals surface area contributed by atoms with E-state index in [1.54, 1.807) is 6.07 Å². The van der Waals surface area contributed by atoms with Crippen LogP contribution in [-0.4, -0.2) is 12.2 Å². The molecule has 0 aliphatic carbocycles. The van der Waals surface area contributed by atoms with Crippen LogP contribution in [0.2, 0.25) is 0 Å². The van der Waals surface area contributed by atoms with Gasteiger partial charge in [0, 0.05) is 6.07 Å². The molecule has 1 N–H and O–H groups in total. The molecule has 0 atom stereocenters. The Hall–Kier alpha value is -1.81. The molecule has 0 unspecified atom stereocenters. The molecule has 2 rings (SSSR count). The summed E-state index contributed by atoms with van der Waals surface area (Å²) in [7, 11) is 1.85. The van der Waals surface area contributed by atoms with Crippen molar-refractivity contribution in [3.05, 3.63) is 47.7 Å². The number of benzene rings is 1. The highest BCUT2D eigenvalue weighted by Crippen LogP contribution is 2.12. The Morgan fingerprint density at radius 1 is 1.31 bits per heavy atom. The van der Waals surface area contributed by atoms with Crippen molar-refractivity contribution in [1.29, 1.82) is 0 Å². The van der Waals surface area contributed by atoms with Gasteiger partial charge in [0.2, 0.25) is 0 Å². The third-order valence-electron chi connectivity index (χ3n) is 2.12. The van der Waals surface area contributed by atoms with Crippen LogP contribution in [0, 0.1) is 0 Å². The van der Waals surface area contributed by atoms with Gasteiger partial charge in [-0.05, 0) is 17.8 Å². The molecular weight excluding hydrogens is 204 g/mol. The fraction of sp³-hybridized carbons (Fsp3) is 0.250. The molecule has 2 aromatic rings. The average molecular weight is 218 g/mol. The van der Waals surface area contributed by atoms with E-state index in [1.165, 1.54) is 0 Å². The van der Waals surface area contributed by atoms with E-state index in [0.717, 1.165) is 11.3 Å². The topological polar surface area (TPSA) is 47.3 Å². The van der Waals surface area contributed by atoms with E-state index >= 15 is 0 Å². The molecule has 1 aromatic heterocycles. The first-order chi connectivity index (χ1) is 7.88. The standard InChI is InChI=1S/C12H14N2O2/c1-13-8-11-7-12(14-16-11)15-9-10-5-3-2-4-6-10/h2-7,13H,8-9H2,1H3. The fourth-order valence-electron chi connectivity index (χ4n) is 1.35. The maximum atomic E-state index is 5.49. The van der Waals surface area contributed by atoms with Gasteiger partial charge in [-0.15, -0.1) is 0 Å². The van der Waals surface area contributed by atoms with Crippen molar-refractivity contribution in [3.8, 4) is 5.88 Å². The lowest BCUT2D eigenvalue weighted by Gasteiger charge is -2.00. The monoisotopic (exact) mass is 218 g/mol. The van der Waals surface area contributed by atoms with Crippen LogP contribution in [0.4, 0.5) is 0 Å². The summed E-state index contributed by atoms with van der Waals surface area (Å²) in [6.45, 7) is 1.16. The lowest BCUT2D eigenvalue weighted by molar-refractivity contribution is 0.265. The van der Waals surface area contributed by atoms with E-state index in [9.17, 15) is 0 Å². The van der Waals surface area contributed by atoms with Gasteiger partial charge in [0.15, 0.2) is 5.76 Å². The van der Waals surface area contributed by atoms with Gasteiger partial charge in [-0.3, -0.25) is 0 Å². The predicted molar refractivity (Wildman–Crippen MR) is 60.0 cm³/mol. The van der Waals surface area contributed by atoms with Gasteiger partial charge < -0.3 is 14.6 Å². The molecule has 0 bridgehead atoms. The SMILES string of the molecule is CNCc1cc(OCc2ccccc2)no1. The fourth-order valence-corrected chi connectivity index (χ4v) is 1.35. The molecule has 16 heavy (non-hydrogen) atoms. The molecular formula is C12H14N2O2. The predicted octanol–water partition coefficient (Wildman–Crippen LogP) is 1.97. The van der Waals surface area contributed by atoms with E-state index in [-0.39, 0.29) is 0 Å². The van der Waals surface area contributed by atoms with Gasteiger partial charge in [0.05, 0.1) is 6.54 Å². The van der Waals surface area contributed by atoms with Crippen molar-refractivity contribution in [2.24, 2.45) is 0 Å². The third kappa shape index (κ3) is 2.84. The van der Waals surface area contributed by atoms with E-state index in [0.29, 0.717) is 19.0 Å². The zero-order valence-corrected chi connectivity index (χ0v) is 9.14. The van der Waals surface area contributed by atoms with Crippen molar-refractivity contribution in [2.45, 2.75) is 13.2 Å². The summed E-state index contributed by atoms with van der Waals surface area (Å²) in [5, 5.41) is 6.79. The maximum Gasteiger partial charge on any atom is 0.254 e.